The van der Waals surface area contributed by atoms with E-state index in [9.17, 15) is 4.79 Å². The van der Waals surface area contributed by atoms with Crippen LogP contribution in [-0.4, -0.2) is 45.5 Å². The molecule has 1 fully saturated rings. The topological polar surface area (TPSA) is 60.3 Å². The van der Waals surface area contributed by atoms with Crippen LogP contribution < -0.4 is 0 Å². The normalized spacial score (nSPS) is 20.6. The molecule has 0 N–H and O–H groups in total. The molecule has 1 saturated heterocycles. The molecular formula is C17H22N4O2. The van der Waals surface area contributed by atoms with Crippen LogP contribution in [0.2, 0.25) is 0 Å². The van der Waals surface area contributed by atoms with Gasteiger partial charge >= 0.3 is 0 Å². The third kappa shape index (κ3) is 3.42. The Bertz CT molecular complexity index is 656. The van der Waals surface area contributed by atoms with Crippen molar-refractivity contribution in [3.05, 3.63) is 48.3 Å². The molecule has 1 aliphatic heterocycles. The fourth-order valence-corrected chi connectivity index (χ4v) is 2.97. The van der Waals surface area contributed by atoms with E-state index in [0.717, 1.165) is 24.4 Å². The molecule has 2 atom stereocenters. The van der Waals surface area contributed by atoms with Crippen molar-refractivity contribution in [2.24, 2.45) is 13.0 Å². The number of nitrogens with zero attached hydrogens (tertiary/aromatic N) is 4. The number of carbonyl (C=O) groups is 1. The van der Waals surface area contributed by atoms with Crippen molar-refractivity contribution in [2.75, 3.05) is 20.2 Å². The standard InChI is InChI=1S/C17H22N4O2/c1-20-11-9-19-16(20)15-14(7-12-23-15)17(22)21(2)10-6-13-5-3-4-8-18-13/h3-5,8-9,11,14-15H,6-7,10,12H2,1-2H3/t14-,15-/m1/s1. The van der Waals surface area contributed by atoms with Gasteiger partial charge in [-0.1, -0.05) is 6.07 Å². The predicted molar refractivity (Wildman–Crippen MR) is 85.6 cm³/mol. The number of rotatable bonds is 5. The van der Waals surface area contributed by atoms with Crippen molar-refractivity contribution in [1.82, 2.24) is 19.4 Å². The molecule has 2 aromatic heterocycles. The van der Waals surface area contributed by atoms with E-state index in [-0.39, 0.29) is 17.9 Å². The van der Waals surface area contributed by atoms with Crippen molar-refractivity contribution >= 4 is 5.91 Å². The van der Waals surface area contributed by atoms with Crippen LogP contribution in [0.5, 0.6) is 0 Å². The molecule has 3 rings (SSSR count). The van der Waals surface area contributed by atoms with E-state index in [1.165, 1.54) is 0 Å². The highest BCUT2D eigenvalue weighted by atomic mass is 16.5. The number of amides is 1. The Labute approximate surface area is 136 Å². The zero-order chi connectivity index (χ0) is 16.2. The second-order valence-electron chi connectivity index (χ2n) is 5.91. The number of pyridine rings is 1. The minimum absolute atomic E-state index is 0.117. The van der Waals surface area contributed by atoms with E-state index in [2.05, 4.69) is 9.97 Å². The van der Waals surface area contributed by atoms with E-state index in [1.54, 1.807) is 17.3 Å². The second-order valence-corrected chi connectivity index (χ2v) is 5.91. The van der Waals surface area contributed by atoms with Gasteiger partial charge in [-0.2, -0.15) is 0 Å². The quantitative estimate of drug-likeness (QED) is 0.841. The van der Waals surface area contributed by atoms with E-state index in [1.807, 2.05) is 43.1 Å². The molecule has 0 radical (unpaired) electrons. The molecule has 0 bridgehead atoms. The largest absolute Gasteiger partial charge is 0.369 e. The maximum atomic E-state index is 12.8. The zero-order valence-corrected chi connectivity index (χ0v) is 13.6. The van der Waals surface area contributed by atoms with E-state index >= 15 is 0 Å². The molecular weight excluding hydrogens is 292 g/mol. The molecule has 23 heavy (non-hydrogen) atoms. The second kappa shape index (κ2) is 6.91. The van der Waals surface area contributed by atoms with Crippen LogP contribution in [0.1, 0.15) is 24.0 Å². The number of likely N-dealkylation sites (N-methyl/N-ethyl adjacent to an activating group) is 1. The molecule has 6 nitrogen and oxygen atoms in total. The average Bonchev–Trinajstić information content (AvgIpc) is 3.21. The van der Waals surface area contributed by atoms with Crippen LogP contribution in [0.3, 0.4) is 0 Å². The molecule has 3 heterocycles. The third-order valence-electron chi connectivity index (χ3n) is 4.33. The summed E-state index contributed by atoms with van der Waals surface area (Å²) < 4.78 is 7.70. The monoisotopic (exact) mass is 314 g/mol. The first-order chi connectivity index (χ1) is 11.2. The summed E-state index contributed by atoms with van der Waals surface area (Å²) in [5, 5.41) is 0. The fourth-order valence-electron chi connectivity index (χ4n) is 2.97. The van der Waals surface area contributed by atoms with Gasteiger partial charge in [-0.05, 0) is 18.6 Å². The van der Waals surface area contributed by atoms with Crippen LogP contribution in [0.15, 0.2) is 36.8 Å². The summed E-state index contributed by atoms with van der Waals surface area (Å²) >= 11 is 0. The predicted octanol–water partition coefficient (Wildman–Crippen LogP) is 1.59. The molecule has 0 aromatic carbocycles. The number of ether oxygens (including phenoxy) is 1. The lowest BCUT2D eigenvalue weighted by molar-refractivity contribution is -0.136. The number of hydrogen-bond acceptors (Lipinski definition) is 4. The first kappa shape index (κ1) is 15.7. The number of aryl methyl sites for hydroxylation is 1. The summed E-state index contributed by atoms with van der Waals surface area (Å²) in [6.07, 6.45) is 6.64. The summed E-state index contributed by atoms with van der Waals surface area (Å²) in [5.74, 6) is 0.773. The lowest BCUT2D eigenvalue weighted by Crippen LogP contribution is -2.36. The lowest BCUT2D eigenvalue weighted by Gasteiger charge is -2.24. The van der Waals surface area contributed by atoms with Crippen molar-refractivity contribution in [3.8, 4) is 0 Å². The van der Waals surface area contributed by atoms with Gasteiger partial charge in [0.15, 0.2) is 0 Å². The van der Waals surface area contributed by atoms with Crippen LogP contribution in [0, 0.1) is 5.92 Å². The molecule has 0 unspecified atom stereocenters. The van der Waals surface area contributed by atoms with Gasteiger partial charge in [0, 0.05) is 58.0 Å². The van der Waals surface area contributed by atoms with Gasteiger partial charge in [-0.25, -0.2) is 4.98 Å². The number of aromatic nitrogens is 3. The summed E-state index contributed by atoms with van der Waals surface area (Å²) in [6, 6.07) is 5.84. The van der Waals surface area contributed by atoms with Crippen molar-refractivity contribution in [2.45, 2.75) is 18.9 Å². The van der Waals surface area contributed by atoms with E-state index < -0.39 is 0 Å². The number of carbonyl (C=O) groups excluding carboxylic acids is 1. The Morgan fingerprint density at radius 3 is 2.96 bits per heavy atom. The van der Waals surface area contributed by atoms with Gasteiger partial charge < -0.3 is 14.2 Å². The summed E-state index contributed by atoms with van der Waals surface area (Å²) in [6.45, 7) is 1.25. The van der Waals surface area contributed by atoms with Gasteiger partial charge in [0.25, 0.3) is 0 Å². The van der Waals surface area contributed by atoms with E-state index in [0.29, 0.717) is 13.2 Å². The SMILES string of the molecule is CN(CCc1ccccn1)C(=O)[C@@H]1CCO[C@H]1c1nccn1C. The molecule has 122 valence electrons. The van der Waals surface area contributed by atoms with Crippen LogP contribution in [0.25, 0.3) is 0 Å². The molecule has 0 aliphatic carbocycles. The number of hydrogen-bond donors (Lipinski definition) is 0. The summed E-state index contributed by atoms with van der Waals surface area (Å²) in [4.78, 5) is 23.2. The molecule has 2 aromatic rings. The van der Waals surface area contributed by atoms with Crippen molar-refractivity contribution in [3.63, 3.8) is 0 Å². The van der Waals surface area contributed by atoms with Gasteiger partial charge in [0.1, 0.15) is 11.9 Å². The summed E-state index contributed by atoms with van der Waals surface area (Å²) in [5.41, 5.74) is 0.996. The highest BCUT2D eigenvalue weighted by Crippen LogP contribution is 2.34. The third-order valence-corrected chi connectivity index (χ3v) is 4.33. The fraction of sp³-hybridized carbons (Fsp3) is 0.471. The highest BCUT2D eigenvalue weighted by molar-refractivity contribution is 5.79. The minimum Gasteiger partial charge on any atom is -0.369 e. The Hall–Kier alpha value is -2.21. The first-order valence-corrected chi connectivity index (χ1v) is 7.90. The van der Waals surface area contributed by atoms with Gasteiger partial charge in [0.2, 0.25) is 5.91 Å². The van der Waals surface area contributed by atoms with Crippen LogP contribution in [-0.2, 0) is 23.0 Å². The maximum absolute atomic E-state index is 12.8. The van der Waals surface area contributed by atoms with Crippen molar-refractivity contribution in [1.29, 1.82) is 0 Å². The Kier molecular flexibility index (Phi) is 4.71. The smallest absolute Gasteiger partial charge is 0.228 e. The molecule has 0 saturated carbocycles. The van der Waals surface area contributed by atoms with Crippen LogP contribution >= 0.6 is 0 Å². The van der Waals surface area contributed by atoms with Gasteiger partial charge in [0.05, 0.1) is 5.92 Å². The Balaban J connectivity index is 1.63. The van der Waals surface area contributed by atoms with Crippen LogP contribution in [0.4, 0.5) is 0 Å². The van der Waals surface area contributed by atoms with Crippen molar-refractivity contribution < 1.29 is 9.53 Å². The highest BCUT2D eigenvalue weighted by Gasteiger charge is 2.38. The molecule has 6 heteroatoms. The Morgan fingerprint density at radius 1 is 1.39 bits per heavy atom. The van der Waals surface area contributed by atoms with Gasteiger partial charge in [-0.15, -0.1) is 0 Å². The van der Waals surface area contributed by atoms with E-state index in [4.69, 9.17) is 4.74 Å². The lowest BCUT2D eigenvalue weighted by atomic mass is 9.99. The molecule has 1 amide bonds. The first-order valence-electron chi connectivity index (χ1n) is 7.90. The molecule has 1 aliphatic rings. The molecule has 0 spiro atoms. The Morgan fingerprint density at radius 2 is 2.26 bits per heavy atom. The maximum Gasteiger partial charge on any atom is 0.228 e. The average molecular weight is 314 g/mol. The number of imidazole rings is 1. The van der Waals surface area contributed by atoms with Gasteiger partial charge in [-0.3, -0.25) is 9.78 Å². The minimum atomic E-state index is -0.250. The summed E-state index contributed by atoms with van der Waals surface area (Å²) in [7, 11) is 3.77. The zero-order valence-electron chi connectivity index (χ0n) is 13.6.